The smallest absolute Gasteiger partial charge is 0.328 e. The fourth-order valence-electron chi connectivity index (χ4n) is 3.62. The van der Waals surface area contributed by atoms with E-state index in [9.17, 15) is 9.59 Å². The van der Waals surface area contributed by atoms with E-state index in [1.807, 2.05) is 30.3 Å². The van der Waals surface area contributed by atoms with Gasteiger partial charge in [0.2, 0.25) is 5.91 Å². The van der Waals surface area contributed by atoms with Gasteiger partial charge in [-0.05, 0) is 50.0 Å². The first-order chi connectivity index (χ1) is 12.0. The number of nitrogens with one attached hydrogen (secondary N) is 1. The number of carbonyl (C=O) groups is 2. The highest BCUT2D eigenvalue weighted by Crippen LogP contribution is 2.33. The molecule has 25 heavy (non-hydrogen) atoms. The van der Waals surface area contributed by atoms with Crippen LogP contribution in [0.1, 0.15) is 52.0 Å². The van der Waals surface area contributed by atoms with Crippen LogP contribution in [0.25, 0.3) is 0 Å². The summed E-state index contributed by atoms with van der Waals surface area (Å²) in [6.07, 6.45) is 4.48. The van der Waals surface area contributed by atoms with Crippen LogP contribution >= 0.6 is 0 Å². The van der Waals surface area contributed by atoms with Crippen LogP contribution in [0.4, 0.5) is 0 Å². The van der Waals surface area contributed by atoms with E-state index in [2.05, 4.69) is 19.2 Å². The van der Waals surface area contributed by atoms with Gasteiger partial charge >= 0.3 is 5.97 Å². The van der Waals surface area contributed by atoms with Crippen LogP contribution in [-0.2, 0) is 20.7 Å². The van der Waals surface area contributed by atoms with E-state index < -0.39 is 6.04 Å². The Hall–Kier alpha value is -1.84. The van der Waals surface area contributed by atoms with Crippen LogP contribution in [-0.4, -0.2) is 24.5 Å². The predicted octanol–water partition coefficient (Wildman–Crippen LogP) is 3.74. The second-order valence-corrected chi connectivity index (χ2v) is 7.36. The van der Waals surface area contributed by atoms with Gasteiger partial charge in [-0.2, -0.15) is 0 Å². The third-order valence-electron chi connectivity index (χ3n) is 5.26. The zero-order chi connectivity index (χ0) is 18.2. The summed E-state index contributed by atoms with van der Waals surface area (Å²) < 4.78 is 5.16. The quantitative estimate of drug-likeness (QED) is 0.766. The van der Waals surface area contributed by atoms with Crippen molar-refractivity contribution < 1.29 is 14.3 Å². The lowest BCUT2D eigenvalue weighted by atomic mass is 9.76. The number of hydrogen-bond acceptors (Lipinski definition) is 3. The lowest BCUT2D eigenvalue weighted by Gasteiger charge is -2.31. The molecule has 1 fully saturated rings. The summed E-state index contributed by atoms with van der Waals surface area (Å²) in [5.74, 6) is 1.05. The summed E-state index contributed by atoms with van der Waals surface area (Å²) in [5, 5.41) is 2.95. The number of ether oxygens (including phenoxy) is 1. The standard InChI is InChI=1S/C21H31NO3/c1-4-25-21(24)19(14-16-8-6-5-7-9-16)22-20(23)18-12-10-17(11-13-18)15(2)3/h5-9,15,17-19H,4,10-14H2,1-3H3,(H,22,23). The topological polar surface area (TPSA) is 55.4 Å². The molecule has 1 saturated carbocycles. The van der Waals surface area contributed by atoms with E-state index in [1.54, 1.807) is 6.92 Å². The summed E-state index contributed by atoms with van der Waals surface area (Å²) in [7, 11) is 0. The van der Waals surface area contributed by atoms with Crippen molar-refractivity contribution in [2.75, 3.05) is 6.61 Å². The lowest BCUT2D eigenvalue weighted by molar-refractivity contribution is -0.148. The molecule has 4 heteroatoms. The molecule has 1 aromatic carbocycles. The van der Waals surface area contributed by atoms with E-state index in [0.717, 1.165) is 31.2 Å². The van der Waals surface area contributed by atoms with Gasteiger partial charge in [0.25, 0.3) is 0 Å². The van der Waals surface area contributed by atoms with Gasteiger partial charge in [-0.15, -0.1) is 0 Å². The largest absolute Gasteiger partial charge is 0.464 e. The average Bonchev–Trinajstić information content (AvgIpc) is 2.62. The van der Waals surface area contributed by atoms with Crippen LogP contribution in [0.2, 0.25) is 0 Å². The Morgan fingerprint density at radius 3 is 2.32 bits per heavy atom. The lowest BCUT2D eigenvalue weighted by Crippen LogP contribution is -2.46. The van der Waals surface area contributed by atoms with E-state index in [1.165, 1.54) is 0 Å². The molecule has 138 valence electrons. The molecule has 4 nitrogen and oxygen atoms in total. The van der Waals surface area contributed by atoms with E-state index in [-0.39, 0.29) is 17.8 Å². The molecular weight excluding hydrogens is 314 g/mol. The van der Waals surface area contributed by atoms with Crippen molar-refractivity contribution in [3.8, 4) is 0 Å². The van der Waals surface area contributed by atoms with Gasteiger partial charge in [0.15, 0.2) is 0 Å². The summed E-state index contributed by atoms with van der Waals surface area (Å²) >= 11 is 0. The summed E-state index contributed by atoms with van der Waals surface area (Å²) in [6, 6.07) is 9.13. The highest BCUT2D eigenvalue weighted by atomic mass is 16.5. The molecular formula is C21H31NO3. The molecule has 0 aliphatic heterocycles. The number of esters is 1. The Labute approximate surface area is 151 Å². The molecule has 1 aromatic rings. The van der Waals surface area contributed by atoms with Crippen molar-refractivity contribution in [2.24, 2.45) is 17.8 Å². The number of benzene rings is 1. The van der Waals surface area contributed by atoms with Crippen LogP contribution in [0.15, 0.2) is 30.3 Å². The number of rotatable bonds is 7. The molecule has 1 unspecified atom stereocenters. The van der Waals surface area contributed by atoms with Crippen LogP contribution in [0.3, 0.4) is 0 Å². The van der Waals surface area contributed by atoms with Crippen LogP contribution in [0.5, 0.6) is 0 Å². The van der Waals surface area contributed by atoms with Gasteiger partial charge in [0, 0.05) is 12.3 Å². The molecule has 1 aliphatic rings. The third kappa shape index (κ3) is 5.87. The van der Waals surface area contributed by atoms with Gasteiger partial charge in [-0.1, -0.05) is 44.2 Å². The average molecular weight is 345 g/mol. The molecule has 0 radical (unpaired) electrons. The van der Waals surface area contributed by atoms with Crippen LogP contribution < -0.4 is 5.32 Å². The maximum absolute atomic E-state index is 12.7. The molecule has 1 aliphatic carbocycles. The maximum Gasteiger partial charge on any atom is 0.328 e. The van der Waals surface area contributed by atoms with Crippen LogP contribution in [0, 0.1) is 17.8 Å². The Balaban J connectivity index is 1.96. The Bertz CT molecular complexity index is 548. The second-order valence-electron chi connectivity index (χ2n) is 7.36. The predicted molar refractivity (Wildman–Crippen MR) is 99.0 cm³/mol. The Kier molecular flexibility index (Phi) is 7.48. The fourth-order valence-corrected chi connectivity index (χ4v) is 3.62. The van der Waals surface area contributed by atoms with E-state index in [0.29, 0.717) is 24.9 Å². The number of hydrogen-bond donors (Lipinski definition) is 1. The molecule has 1 amide bonds. The minimum absolute atomic E-state index is 0.00353. The molecule has 2 rings (SSSR count). The highest BCUT2D eigenvalue weighted by molar-refractivity contribution is 5.86. The first kappa shape index (κ1) is 19.5. The zero-order valence-electron chi connectivity index (χ0n) is 15.7. The summed E-state index contributed by atoms with van der Waals surface area (Å²) in [6.45, 7) is 6.61. The van der Waals surface area contributed by atoms with Crippen molar-refractivity contribution in [1.29, 1.82) is 0 Å². The summed E-state index contributed by atoms with van der Waals surface area (Å²) in [5.41, 5.74) is 1.02. The van der Waals surface area contributed by atoms with Crippen molar-refractivity contribution >= 4 is 11.9 Å². The molecule has 0 saturated heterocycles. The third-order valence-corrected chi connectivity index (χ3v) is 5.26. The van der Waals surface area contributed by atoms with Gasteiger partial charge in [0.05, 0.1) is 6.61 Å². The summed E-state index contributed by atoms with van der Waals surface area (Å²) in [4.78, 5) is 24.9. The maximum atomic E-state index is 12.7. The van der Waals surface area contributed by atoms with Gasteiger partial charge in [-0.3, -0.25) is 4.79 Å². The Morgan fingerprint density at radius 2 is 1.76 bits per heavy atom. The van der Waals surface area contributed by atoms with Crippen molar-refractivity contribution in [2.45, 2.75) is 58.9 Å². The monoisotopic (exact) mass is 345 g/mol. The molecule has 0 aromatic heterocycles. The zero-order valence-corrected chi connectivity index (χ0v) is 15.7. The highest BCUT2D eigenvalue weighted by Gasteiger charge is 2.30. The van der Waals surface area contributed by atoms with Crippen molar-refractivity contribution in [1.82, 2.24) is 5.32 Å². The van der Waals surface area contributed by atoms with Crippen molar-refractivity contribution in [3.05, 3.63) is 35.9 Å². The van der Waals surface area contributed by atoms with Gasteiger partial charge < -0.3 is 10.1 Å². The first-order valence-electron chi connectivity index (χ1n) is 9.52. The number of amides is 1. The van der Waals surface area contributed by atoms with Gasteiger partial charge in [-0.25, -0.2) is 4.79 Å². The molecule has 0 spiro atoms. The van der Waals surface area contributed by atoms with Gasteiger partial charge in [0.1, 0.15) is 6.04 Å². The SMILES string of the molecule is CCOC(=O)C(Cc1ccccc1)NC(=O)C1CCC(C(C)C)CC1. The molecule has 1 N–H and O–H groups in total. The van der Waals surface area contributed by atoms with Crippen molar-refractivity contribution in [3.63, 3.8) is 0 Å². The Morgan fingerprint density at radius 1 is 1.12 bits per heavy atom. The molecule has 1 atom stereocenters. The fraction of sp³-hybridized carbons (Fsp3) is 0.619. The molecule has 0 heterocycles. The minimum atomic E-state index is -0.613. The normalized spacial score (nSPS) is 21.6. The first-order valence-corrected chi connectivity index (χ1v) is 9.52. The van der Waals surface area contributed by atoms with E-state index >= 15 is 0 Å². The second kappa shape index (κ2) is 9.59. The molecule has 0 bridgehead atoms. The number of carbonyl (C=O) groups excluding carboxylic acids is 2. The van der Waals surface area contributed by atoms with E-state index in [4.69, 9.17) is 4.74 Å². The minimum Gasteiger partial charge on any atom is -0.464 e.